The maximum Gasteiger partial charge on any atom is 0.172 e. The number of nitrogens with zero attached hydrogens (tertiary/aromatic N) is 3. The molecule has 0 aliphatic rings. The topological polar surface area (TPSA) is 47.8 Å². The lowest BCUT2D eigenvalue weighted by Crippen LogP contribution is -2.03. The Morgan fingerprint density at radius 3 is 2.52 bits per heavy atom. The Hall–Kier alpha value is -2.30. The fourth-order valence-corrected chi connectivity index (χ4v) is 2.37. The van der Waals surface area contributed by atoms with E-state index in [0.717, 1.165) is 24.9 Å². The Kier molecular flexibility index (Phi) is 6.66. The Bertz CT molecular complexity index is 647. The lowest BCUT2D eigenvalue weighted by Gasteiger charge is -2.03. The Labute approximate surface area is 136 Å². The minimum absolute atomic E-state index is 0.269. The highest BCUT2D eigenvalue weighted by Crippen LogP contribution is 2.12. The third-order valence-corrected chi connectivity index (χ3v) is 3.69. The fourth-order valence-electron chi connectivity index (χ4n) is 2.37. The van der Waals surface area contributed by atoms with Crippen LogP contribution in [0.1, 0.15) is 60.8 Å². The number of benzene rings is 1. The van der Waals surface area contributed by atoms with Crippen LogP contribution in [0.5, 0.6) is 0 Å². The van der Waals surface area contributed by atoms with Gasteiger partial charge in [-0.25, -0.2) is 9.07 Å². The molecule has 0 saturated heterocycles. The van der Waals surface area contributed by atoms with E-state index in [0.29, 0.717) is 17.7 Å². The molecule has 0 N–H and O–H groups in total. The van der Waals surface area contributed by atoms with Crippen molar-refractivity contribution in [1.82, 2.24) is 15.0 Å². The number of halogens is 1. The molecule has 0 amide bonds. The van der Waals surface area contributed by atoms with Crippen molar-refractivity contribution in [1.29, 1.82) is 0 Å². The number of carbonyl (C=O) groups excluding carboxylic acids is 1. The van der Waals surface area contributed by atoms with Crippen LogP contribution in [0, 0.1) is 5.82 Å². The normalized spacial score (nSPS) is 11.2. The van der Waals surface area contributed by atoms with Crippen molar-refractivity contribution >= 4 is 18.4 Å². The van der Waals surface area contributed by atoms with Gasteiger partial charge >= 0.3 is 0 Å². The van der Waals surface area contributed by atoms with E-state index in [4.69, 9.17) is 0 Å². The molecule has 4 nitrogen and oxygen atoms in total. The molecule has 5 heteroatoms. The summed E-state index contributed by atoms with van der Waals surface area (Å²) in [6, 6.07) is 6.18. The number of rotatable bonds is 9. The largest absolute Gasteiger partial charge is 0.296 e. The molecule has 0 radical (unpaired) electrons. The number of aromatic nitrogens is 3. The van der Waals surface area contributed by atoms with Gasteiger partial charge in [0.2, 0.25) is 0 Å². The molecule has 0 aliphatic heterocycles. The van der Waals surface area contributed by atoms with Crippen LogP contribution in [0.2, 0.25) is 0 Å². The van der Waals surface area contributed by atoms with E-state index >= 15 is 0 Å². The van der Waals surface area contributed by atoms with Gasteiger partial charge in [0.05, 0.1) is 5.69 Å². The van der Waals surface area contributed by atoms with Gasteiger partial charge in [-0.15, -0.1) is 5.10 Å². The van der Waals surface area contributed by atoms with Gasteiger partial charge in [-0.3, -0.25) is 4.79 Å². The molecule has 0 atom stereocenters. The monoisotopic (exact) mass is 315 g/mol. The second-order valence-corrected chi connectivity index (χ2v) is 5.50. The molecule has 2 rings (SSSR count). The molecule has 1 aromatic carbocycles. The van der Waals surface area contributed by atoms with E-state index in [9.17, 15) is 9.18 Å². The summed E-state index contributed by atoms with van der Waals surface area (Å²) in [6.07, 6.45) is 10.2. The third-order valence-electron chi connectivity index (χ3n) is 3.69. The molecule has 0 saturated carbocycles. The highest BCUT2D eigenvalue weighted by Gasteiger charge is 2.09. The summed E-state index contributed by atoms with van der Waals surface area (Å²) in [5.41, 5.74) is 1.88. The van der Waals surface area contributed by atoms with Crippen LogP contribution in [-0.2, 0) is 6.54 Å². The summed E-state index contributed by atoms with van der Waals surface area (Å²) in [5, 5.41) is 7.97. The second-order valence-electron chi connectivity index (χ2n) is 5.50. The average molecular weight is 315 g/mol. The van der Waals surface area contributed by atoms with Gasteiger partial charge in [-0.2, -0.15) is 0 Å². The van der Waals surface area contributed by atoms with Gasteiger partial charge < -0.3 is 0 Å². The summed E-state index contributed by atoms with van der Waals surface area (Å²) in [5.74, 6) is -0.269. The van der Waals surface area contributed by atoms with Gasteiger partial charge in [-0.05, 0) is 30.2 Å². The predicted molar refractivity (Wildman–Crippen MR) is 89.5 cm³/mol. The predicted octanol–water partition coefficient (Wildman–Crippen LogP) is 4.37. The highest BCUT2D eigenvalue weighted by molar-refractivity contribution is 5.81. The summed E-state index contributed by atoms with van der Waals surface area (Å²) >= 11 is 0. The van der Waals surface area contributed by atoms with E-state index in [1.807, 2.05) is 12.2 Å². The first kappa shape index (κ1) is 17.1. The van der Waals surface area contributed by atoms with Crippen molar-refractivity contribution in [2.75, 3.05) is 0 Å². The number of hydrogen-bond acceptors (Lipinski definition) is 3. The first-order chi connectivity index (χ1) is 11.2. The number of aldehydes is 1. The summed E-state index contributed by atoms with van der Waals surface area (Å²) in [4.78, 5) is 11.1. The second kappa shape index (κ2) is 8.98. The number of unbranched alkanes of at least 4 members (excludes halogenated alkanes) is 4. The molecule has 0 fully saturated rings. The molecule has 0 spiro atoms. The van der Waals surface area contributed by atoms with E-state index in [2.05, 4.69) is 17.2 Å². The zero-order chi connectivity index (χ0) is 16.5. The van der Waals surface area contributed by atoms with Gasteiger partial charge in [0.1, 0.15) is 5.82 Å². The molecule has 2 aromatic rings. The molecule has 0 unspecified atom stereocenters. The first-order valence-corrected chi connectivity index (χ1v) is 8.07. The molecule has 23 heavy (non-hydrogen) atoms. The summed E-state index contributed by atoms with van der Waals surface area (Å²) in [6.45, 7) is 2.93. The Morgan fingerprint density at radius 1 is 1.09 bits per heavy atom. The van der Waals surface area contributed by atoms with Crippen LogP contribution < -0.4 is 0 Å². The molecule has 122 valence electrons. The summed E-state index contributed by atoms with van der Waals surface area (Å²) < 4.78 is 14.7. The standard InChI is InChI=1S/C18H22FN3O/c1-2-3-4-5-6-13-22-18(17(14-23)20-21-22)12-9-15-7-10-16(19)11-8-15/h7-12,14H,2-6,13H2,1H3/b12-9+. The van der Waals surface area contributed by atoms with Gasteiger partial charge in [0.15, 0.2) is 12.0 Å². The average Bonchev–Trinajstić information content (AvgIpc) is 2.96. The quantitative estimate of drug-likeness (QED) is 0.510. The van der Waals surface area contributed by atoms with Crippen molar-refractivity contribution < 1.29 is 9.18 Å². The van der Waals surface area contributed by atoms with Gasteiger partial charge in [0, 0.05) is 6.54 Å². The van der Waals surface area contributed by atoms with E-state index < -0.39 is 0 Å². The van der Waals surface area contributed by atoms with E-state index in [1.54, 1.807) is 16.8 Å². The summed E-state index contributed by atoms with van der Waals surface area (Å²) in [7, 11) is 0. The molecule has 0 bridgehead atoms. The number of aryl methyl sites for hydroxylation is 1. The molecular formula is C18H22FN3O. The SMILES string of the molecule is CCCCCCCn1nnc(C=O)c1/C=C/c1ccc(F)cc1. The molecule has 1 heterocycles. The van der Waals surface area contributed by atoms with Crippen molar-refractivity contribution in [2.24, 2.45) is 0 Å². The van der Waals surface area contributed by atoms with Crippen LogP contribution in [0.25, 0.3) is 12.2 Å². The van der Waals surface area contributed by atoms with Gasteiger partial charge in [-0.1, -0.05) is 56.0 Å². The zero-order valence-electron chi connectivity index (χ0n) is 13.4. The van der Waals surface area contributed by atoms with Crippen LogP contribution in [0.4, 0.5) is 4.39 Å². The van der Waals surface area contributed by atoms with E-state index in [-0.39, 0.29) is 5.82 Å². The van der Waals surface area contributed by atoms with Crippen molar-refractivity contribution in [3.63, 3.8) is 0 Å². The molecular weight excluding hydrogens is 293 g/mol. The number of hydrogen-bond donors (Lipinski definition) is 0. The minimum Gasteiger partial charge on any atom is -0.296 e. The molecule has 0 aliphatic carbocycles. The number of carbonyl (C=O) groups is 1. The first-order valence-electron chi connectivity index (χ1n) is 8.07. The van der Waals surface area contributed by atoms with E-state index in [1.165, 1.54) is 31.4 Å². The maximum absolute atomic E-state index is 12.9. The van der Waals surface area contributed by atoms with Crippen molar-refractivity contribution in [3.8, 4) is 0 Å². The maximum atomic E-state index is 12.9. The Balaban J connectivity index is 2.05. The minimum atomic E-state index is -0.269. The van der Waals surface area contributed by atoms with Crippen LogP contribution in [0.3, 0.4) is 0 Å². The molecule has 1 aromatic heterocycles. The van der Waals surface area contributed by atoms with Gasteiger partial charge in [0.25, 0.3) is 0 Å². The Morgan fingerprint density at radius 2 is 1.83 bits per heavy atom. The van der Waals surface area contributed by atoms with Crippen molar-refractivity contribution in [3.05, 3.63) is 47.0 Å². The third kappa shape index (κ3) is 5.13. The van der Waals surface area contributed by atoms with Crippen LogP contribution in [0.15, 0.2) is 24.3 Å². The lowest BCUT2D eigenvalue weighted by molar-refractivity contribution is 0.111. The van der Waals surface area contributed by atoms with Crippen LogP contribution in [-0.4, -0.2) is 21.3 Å². The van der Waals surface area contributed by atoms with Crippen molar-refractivity contribution in [2.45, 2.75) is 45.6 Å². The fraction of sp³-hybridized carbons (Fsp3) is 0.389. The zero-order valence-corrected chi connectivity index (χ0v) is 13.4. The highest BCUT2D eigenvalue weighted by atomic mass is 19.1. The van der Waals surface area contributed by atoms with Crippen LogP contribution >= 0.6 is 0 Å². The lowest BCUT2D eigenvalue weighted by atomic mass is 10.1. The smallest absolute Gasteiger partial charge is 0.172 e.